The normalized spacial score (nSPS) is 16.1. The van der Waals surface area contributed by atoms with E-state index in [0.717, 1.165) is 6.42 Å². The van der Waals surface area contributed by atoms with Crippen LogP contribution < -0.4 is 10.0 Å². The summed E-state index contributed by atoms with van der Waals surface area (Å²) in [6.07, 6.45) is 6.20. The van der Waals surface area contributed by atoms with Crippen molar-refractivity contribution in [2.24, 2.45) is 5.92 Å². The van der Waals surface area contributed by atoms with Crippen molar-refractivity contribution in [1.82, 2.24) is 9.71 Å². The molecule has 0 unspecified atom stereocenters. The summed E-state index contributed by atoms with van der Waals surface area (Å²) in [5, 5.41) is 2.80. The molecule has 1 aromatic heterocycles. The molecule has 0 aromatic carbocycles. The van der Waals surface area contributed by atoms with E-state index in [1.807, 2.05) is 0 Å². The van der Waals surface area contributed by atoms with Crippen molar-refractivity contribution < 1.29 is 8.42 Å². The van der Waals surface area contributed by atoms with Gasteiger partial charge in [0.1, 0.15) is 10.7 Å². The largest absolute Gasteiger partial charge is 0.372 e. The van der Waals surface area contributed by atoms with Crippen LogP contribution in [0.5, 0.6) is 0 Å². The number of aromatic nitrogens is 1. The van der Waals surface area contributed by atoms with Crippen LogP contribution in [-0.2, 0) is 10.0 Å². The molecule has 0 spiro atoms. The molecule has 0 aliphatic heterocycles. The first-order valence-electron chi connectivity index (χ1n) is 6.36. The van der Waals surface area contributed by atoms with E-state index < -0.39 is 10.0 Å². The van der Waals surface area contributed by atoms with E-state index in [1.54, 1.807) is 19.3 Å². The highest BCUT2D eigenvalue weighted by Gasteiger charge is 2.21. The maximum absolute atomic E-state index is 12.2. The van der Waals surface area contributed by atoms with Crippen molar-refractivity contribution in [3.8, 4) is 0 Å². The number of nitrogens with one attached hydrogen (secondary N) is 2. The first-order chi connectivity index (χ1) is 9.03. The van der Waals surface area contributed by atoms with Crippen LogP contribution in [0.2, 0.25) is 0 Å². The molecule has 0 atom stereocenters. The molecule has 1 fully saturated rings. The molecule has 1 aliphatic rings. The molecular weight excluding hydrogens is 330 g/mol. The number of sulfonamides is 1. The zero-order valence-corrected chi connectivity index (χ0v) is 13.2. The first-order valence-corrected chi connectivity index (χ1v) is 8.63. The molecule has 5 nitrogen and oxygen atoms in total. The third kappa shape index (κ3) is 3.67. The molecule has 2 rings (SSSR count). The smallest absolute Gasteiger partial charge is 0.244 e. The van der Waals surface area contributed by atoms with Gasteiger partial charge in [0.15, 0.2) is 0 Å². The summed E-state index contributed by atoms with van der Waals surface area (Å²) in [5.74, 6) is 1.05. The molecule has 106 valence electrons. The molecule has 1 saturated carbocycles. The summed E-state index contributed by atoms with van der Waals surface area (Å²) in [7, 11) is -1.85. The zero-order valence-electron chi connectivity index (χ0n) is 10.8. The lowest BCUT2D eigenvalue weighted by molar-refractivity contribution is 0.297. The van der Waals surface area contributed by atoms with E-state index >= 15 is 0 Å². The average Bonchev–Trinajstić information content (AvgIpc) is 2.32. The number of nitrogens with zero attached hydrogens (tertiary/aromatic N) is 1. The van der Waals surface area contributed by atoms with E-state index in [9.17, 15) is 8.42 Å². The van der Waals surface area contributed by atoms with Gasteiger partial charge in [-0.05, 0) is 34.3 Å². The zero-order chi connectivity index (χ0) is 13.9. The van der Waals surface area contributed by atoms with Gasteiger partial charge in [-0.15, -0.1) is 0 Å². The predicted octanol–water partition coefficient (Wildman–Crippen LogP) is 2.35. The standard InChI is InChI=1S/C12H18BrN3O2S/c1-14-12-11(7-10(13)8-15-12)19(17,18)16-6-5-9-3-2-4-9/h7-9,16H,2-6H2,1H3,(H,14,15). The van der Waals surface area contributed by atoms with Crippen molar-refractivity contribution in [1.29, 1.82) is 0 Å². The number of anilines is 1. The highest BCUT2D eigenvalue weighted by atomic mass is 79.9. The Morgan fingerprint density at radius 1 is 1.47 bits per heavy atom. The monoisotopic (exact) mass is 347 g/mol. The maximum atomic E-state index is 12.2. The van der Waals surface area contributed by atoms with E-state index in [4.69, 9.17) is 0 Å². The predicted molar refractivity (Wildman–Crippen MR) is 78.6 cm³/mol. The van der Waals surface area contributed by atoms with Gasteiger partial charge in [0.25, 0.3) is 0 Å². The van der Waals surface area contributed by atoms with Crippen LogP contribution in [-0.4, -0.2) is 27.0 Å². The van der Waals surface area contributed by atoms with Gasteiger partial charge in [0, 0.05) is 24.3 Å². The molecular formula is C12H18BrN3O2S. The number of hydrogen-bond acceptors (Lipinski definition) is 4. The Kier molecular flexibility index (Phi) is 4.81. The van der Waals surface area contributed by atoms with Crippen molar-refractivity contribution >= 4 is 31.8 Å². The Labute approximate surface area is 122 Å². The van der Waals surface area contributed by atoms with Gasteiger partial charge in [-0.2, -0.15) is 0 Å². The van der Waals surface area contributed by atoms with E-state index in [1.165, 1.54) is 19.3 Å². The minimum Gasteiger partial charge on any atom is -0.372 e. The van der Waals surface area contributed by atoms with Crippen molar-refractivity contribution in [2.75, 3.05) is 18.9 Å². The molecule has 0 radical (unpaired) electrons. The lowest BCUT2D eigenvalue weighted by Crippen LogP contribution is -2.28. The van der Waals surface area contributed by atoms with E-state index in [-0.39, 0.29) is 4.90 Å². The summed E-state index contributed by atoms with van der Waals surface area (Å²) < 4.78 is 27.8. The van der Waals surface area contributed by atoms with Gasteiger partial charge in [-0.1, -0.05) is 19.3 Å². The second-order valence-electron chi connectivity index (χ2n) is 4.73. The minimum absolute atomic E-state index is 0.179. The van der Waals surface area contributed by atoms with Crippen LogP contribution in [0, 0.1) is 5.92 Å². The second kappa shape index (κ2) is 6.19. The maximum Gasteiger partial charge on any atom is 0.244 e. The van der Waals surface area contributed by atoms with Crippen molar-refractivity contribution in [3.63, 3.8) is 0 Å². The Morgan fingerprint density at radius 2 is 2.21 bits per heavy atom. The van der Waals surface area contributed by atoms with Crippen LogP contribution in [0.25, 0.3) is 0 Å². The molecule has 19 heavy (non-hydrogen) atoms. The Hall–Kier alpha value is -0.660. The van der Waals surface area contributed by atoms with Crippen LogP contribution in [0.3, 0.4) is 0 Å². The third-order valence-corrected chi connectivity index (χ3v) is 5.32. The summed E-state index contributed by atoms with van der Waals surface area (Å²) in [5.41, 5.74) is 0. The van der Waals surface area contributed by atoms with Gasteiger partial charge in [-0.3, -0.25) is 0 Å². The Morgan fingerprint density at radius 3 is 2.79 bits per heavy atom. The molecule has 2 N–H and O–H groups in total. The van der Waals surface area contributed by atoms with Gasteiger partial charge in [0.05, 0.1) is 0 Å². The van der Waals surface area contributed by atoms with Gasteiger partial charge >= 0.3 is 0 Å². The fourth-order valence-corrected chi connectivity index (χ4v) is 3.79. The fourth-order valence-electron chi connectivity index (χ4n) is 2.07. The quantitative estimate of drug-likeness (QED) is 0.828. The molecule has 1 aliphatic carbocycles. The van der Waals surface area contributed by atoms with Crippen molar-refractivity contribution in [3.05, 3.63) is 16.7 Å². The van der Waals surface area contributed by atoms with Gasteiger partial charge in [0.2, 0.25) is 10.0 Å². The molecule has 1 heterocycles. The topological polar surface area (TPSA) is 71.1 Å². The summed E-state index contributed by atoms with van der Waals surface area (Å²) in [6, 6.07) is 1.56. The van der Waals surface area contributed by atoms with Crippen LogP contribution >= 0.6 is 15.9 Å². The van der Waals surface area contributed by atoms with E-state index in [0.29, 0.717) is 22.8 Å². The number of hydrogen-bond donors (Lipinski definition) is 2. The average molecular weight is 348 g/mol. The molecule has 0 bridgehead atoms. The van der Waals surface area contributed by atoms with E-state index in [2.05, 4.69) is 31.0 Å². The summed E-state index contributed by atoms with van der Waals surface area (Å²) in [4.78, 5) is 4.24. The lowest BCUT2D eigenvalue weighted by atomic mass is 9.83. The van der Waals surface area contributed by atoms with Crippen LogP contribution in [0.4, 0.5) is 5.82 Å². The van der Waals surface area contributed by atoms with Crippen LogP contribution in [0.1, 0.15) is 25.7 Å². The molecule has 1 aromatic rings. The highest BCUT2D eigenvalue weighted by Crippen LogP contribution is 2.29. The molecule has 7 heteroatoms. The van der Waals surface area contributed by atoms with Gasteiger partial charge in [-0.25, -0.2) is 18.1 Å². The number of pyridine rings is 1. The Bertz CT molecular complexity index is 544. The van der Waals surface area contributed by atoms with Crippen LogP contribution in [0.15, 0.2) is 21.6 Å². The summed E-state index contributed by atoms with van der Waals surface area (Å²) in [6.45, 7) is 0.489. The Balaban J connectivity index is 2.07. The fraction of sp³-hybridized carbons (Fsp3) is 0.583. The second-order valence-corrected chi connectivity index (χ2v) is 7.38. The van der Waals surface area contributed by atoms with Gasteiger partial charge < -0.3 is 5.32 Å². The van der Waals surface area contributed by atoms with Crippen molar-refractivity contribution in [2.45, 2.75) is 30.6 Å². The molecule has 0 amide bonds. The summed E-state index contributed by atoms with van der Waals surface area (Å²) >= 11 is 3.25. The molecule has 0 saturated heterocycles. The first kappa shape index (κ1) is 14.7. The third-order valence-electron chi connectivity index (χ3n) is 3.42. The SMILES string of the molecule is CNc1ncc(Br)cc1S(=O)(=O)NCCC1CCC1. The number of halogens is 1. The highest BCUT2D eigenvalue weighted by molar-refractivity contribution is 9.10. The minimum atomic E-state index is -3.51. The number of rotatable bonds is 6. The lowest BCUT2D eigenvalue weighted by Gasteiger charge is -2.25.